The van der Waals surface area contributed by atoms with E-state index in [4.69, 9.17) is 0 Å². The van der Waals surface area contributed by atoms with Crippen LogP contribution in [-0.2, 0) is 4.79 Å². The monoisotopic (exact) mass is 275 g/mol. The lowest BCUT2D eigenvalue weighted by Gasteiger charge is -2.27. The van der Waals surface area contributed by atoms with Crippen LogP contribution in [0.2, 0.25) is 0 Å². The lowest BCUT2D eigenvalue weighted by molar-refractivity contribution is -0.145. The zero-order valence-electron chi connectivity index (χ0n) is 9.97. The minimum Gasteiger partial charge on any atom is -0.480 e. The molecule has 17 heavy (non-hydrogen) atoms. The lowest BCUT2D eigenvalue weighted by Crippen LogP contribution is -2.49. The van der Waals surface area contributed by atoms with E-state index in [2.05, 4.69) is 15.5 Å². The smallest absolute Gasteiger partial charge is 0.323 e. The molecule has 0 saturated heterocycles. The SMILES string of the molecule is CCC(CCCSc1nncs1)(NC)C(=O)O. The molecule has 0 amide bonds. The van der Waals surface area contributed by atoms with Crippen LogP contribution in [-0.4, -0.2) is 39.6 Å². The number of nitrogens with zero attached hydrogens (tertiary/aromatic N) is 2. The van der Waals surface area contributed by atoms with Crippen molar-refractivity contribution in [1.29, 1.82) is 0 Å². The first-order valence-electron chi connectivity index (χ1n) is 5.46. The molecular weight excluding hydrogens is 258 g/mol. The Bertz CT molecular complexity index is 339. The van der Waals surface area contributed by atoms with Crippen LogP contribution in [0.4, 0.5) is 0 Å². The van der Waals surface area contributed by atoms with Gasteiger partial charge in [-0.25, -0.2) is 0 Å². The first-order valence-corrected chi connectivity index (χ1v) is 7.32. The normalized spacial score (nSPS) is 14.5. The minimum absolute atomic E-state index is 0.586. The number of carbonyl (C=O) groups is 1. The van der Waals surface area contributed by atoms with E-state index in [1.807, 2.05) is 6.92 Å². The second kappa shape index (κ2) is 6.93. The summed E-state index contributed by atoms with van der Waals surface area (Å²) in [6.45, 7) is 1.89. The number of hydrogen-bond donors (Lipinski definition) is 2. The number of thioether (sulfide) groups is 1. The fourth-order valence-corrected chi connectivity index (χ4v) is 3.10. The highest BCUT2D eigenvalue weighted by molar-refractivity contribution is 8.00. The van der Waals surface area contributed by atoms with Crippen LogP contribution in [0, 0.1) is 0 Å². The topological polar surface area (TPSA) is 75.1 Å². The zero-order chi connectivity index (χ0) is 12.7. The molecule has 0 aliphatic carbocycles. The molecule has 96 valence electrons. The molecule has 1 rings (SSSR count). The molecule has 1 atom stereocenters. The Kier molecular flexibility index (Phi) is 5.87. The third-order valence-electron chi connectivity index (χ3n) is 2.80. The molecule has 1 unspecified atom stereocenters. The van der Waals surface area contributed by atoms with E-state index in [1.165, 1.54) is 11.3 Å². The first kappa shape index (κ1) is 14.4. The van der Waals surface area contributed by atoms with E-state index in [0.29, 0.717) is 12.8 Å². The van der Waals surface area contributed by atoms with Crippen molar-refractivity contribution in [3.63, 3.8) is 0 Å². The van der Waals surface area contributed by atoms with E-state index in [9.17, 15) is 9.90 Å². The Morgan fingerprint density at radius 1 is 1.71 bits per heavy atom. The summed E-state index contributed by atoms with van der Waals surface area (Å²) in [6, 6.07) is 0. The first-order chi connectivity index (χ1) is 8.14. The van der Waals surface area contributed by atoms with E-state index < -0.39 is 11.5 Å². The third-order valence-corrected chi connectivity index (χ3v) is 4.75. The number of likely N-dealkylation sites (N-methyl/N-ethyl adjacent to an activating group) is 1. The molecule has 0 bridgehead atoms. The summed E-state index contributed by atoms with van der Waals surface area (Å²) in [5.41, 5.74) is 0.908. The summed E-state index contributed by atoms with van der Waals surface area (Å²) < 4.78 is 0.937. The second-order valence-corrected chi connectivity index (χ2v) is 5.82. The lowest BCUT2D eigenvalue weighted by atomic mass is 9.91. The van der Waals surface area contributed by atoms with Crippen LogP contribution in [0.5, 0.6) is 0 Å². The fourth-order valence-electron chi connectivity index (χ4n) is 1.60. The number of hydrogen-bond acceptors (Lipinski definition) is 6. The highest BCUT2D eigenvalue weighted by atomic mass is 32.2. The zero-order valence-corrected chi connectivity index (χ0v) is 11.6. The Balaban J connectivity index is 2.35. The van der Waals surface area contributed by atoms with Crippen molar-refractivity contribution in [2.45, 2.75) is 36.1 Å². The van der Waals surface area contributed by atoms with Crippen molar-refractivity contribution in [2.75, 3.05) is 12.8 Å². The van der Waals surface area contributed by atoms with Crippen LogP contribution in [0.25, 0.3) is 0 Å². The highest BCUT2D eigenvalue weighted by Gasteiger charge is 2.33. The average molecular weight is 275 g/mol. The van der Waals surface area contributed by atoms with E-state index in [-0.39, 0.29) is 0 Å². The summed E-state index contributed by atoms with van der Waals surface area (Å²) >= 11 is 3.13. The van der Waals surface area contributed by atoms with Gasteiger partial charge >= 0.3 is 5.97 Å². The predicted molar refractivity (Wildman–Crippen MR) is 69.6 cm³/mol. The Hall–Kier alpha value is -0.660. The molecular formula is C10H17N3O2S2. The van der Waals surface area contributed by atoms with Gasteiger partial charge in [0.2, 0.25) is 0 Å². The Morgan fingerprint density at radius 2 is 2.47 bits per heavy atom. The molecule has 1 heterocycles. The summed E-state index contributed by atoms with van der Waals surface area (Å²) in [5, 5.41) is 19.8. The number of rotatable bonds is 8. The van der Waals surface area contributed by atoms with Gasteiger partial charge < -0.3 is 10.4 Å². The van der Waals surface area contributed by atoms with Gasteiger partial charge in [0.05, 0.1) is 0 Å². The van der Waals surface area contributed by atoms with Crippen LogP contribution >= 0.6 is 23.1 Å². The molecule has 7 heteroatoms. The standard InChI is InChI=1S/C10H17N3O2S2/c1-3-10(11-2,8(14)15)5-4-6-16-9-13-12-7-17-9/h7,11H,3-6H2,1-2H3,(H,14,15). The van der Waals surface area contributed by atoms with Crippen LogP contribution in [0.3, 0.4) is 0 Å². The van der Waals surface area contributed by atoms with Crippen molar-refractivity contribution < 1.29 is 9.90 Å². The quantitative estimate of drug-likeness (QED) is 0.557. The van der Waals surface area contributed by atoms with Crippen molar-refractivity contribution in [3.05, 3.63) is 5.51 Å². The summed E-state index contributed by atoms with van der Waals surface area (Å²) in [6.07, 6.45) is 2.05. The fraction of sp³-hybridized carbons (Fsp3) is 0.700. The predicted octanol–water partition coefficient (Wildman–Crippen LogP) is 1.86. The average Bonchev–Trinajstić information content (AvgIpc) is 2.82. The number of nitrogens with one attached hydrogen (secondary N) is 1. The molecule has 0 aliphatic heterocycles. The Labute approximate surface area is 109 Å². The molecule has 0 radical (unpaired) electrons. The van der Waals surface area contributed by atoms with Gasteiger partial charge in [-0.2, -0.15) is 0 Å². The van der Waals surface area contributed by atoms with Gasteiger partial charge in [0.1, 0.15) is 11.0 Å². The Morgan fingerprint density at radius 3 is 2.94 bits per heavy atom. The highest BCUT2D eigenvalue weighted by Crippen LogP contribution is 2.23. The van der Waals surface area contributed by atoms with Crippen molar-refractivity contribution >= 4 is 29.1 Å². The van der Waals surface area contributed by atoms with Crippen LogP contribution in [0.1, 0.15) is 26.2 Å². The van der Waals surface area contributed by atoms with E-state index >= 15 is 0 Å². The van der Waals surface area contributed by atoms with Crippen molar-refractivity contribution in [2.24, 2.45) is 0 Å². The molecule has 5 nitrogen and oxygen atoms in total. The van der Waals surface area contributed by atoms with Gasteiger partial charge in [-0.3, -0.25) is 4.79 Å². The maximum Gasteiger partial charge on any atom is 0.323 e. The number of aromatic nitrogens is 2. The van der Waals surface area contributed by atoms with Gasteiger partial charge in [0.15, 0.2) is 4.34 Å². The summed E-state index contributed by atoms with van der Waals surface area (Å²) in [7, 11) is 1.70. The van der Waals surface area contributed by atoms with E-state index in [1.54, 1.807) is 24.3 Å². The van der Waals surface area contributed by atoms with Crippen molar-refractivity contribution in [1.82, 2.24) is 15.5 Å². The minimum atomic E-state index is -0.790. The molecule has 1 aromatic heterocycles. The number of carboxylic acid groups (broad SMARTS) is 1. The molecule has 0 spiro atoms. The van der Waals surface area contributed by atoms with Gasteiger partial charge in [-0.05, 0) is 26.3 Å². The summed E-state index contributed by atoms with van der Waals surface area (Å²) in [5.74, 6) is 0.0924. The molecule has 0 aromatic carbocycles. The molecule has 0 aliphatic rings. The maximum absolute atomic E-state index is 11.2. The number of aliphatic carboxylic acids is 1. The summed E-state index contributed by atoms with van der Waals surface area (Å²) in [4.78, 5) is 11.2. The largest absolute Gasteiger partial charge is 0.480 e. The van der Waals surface area contributed by atoms with Crippen molar-refractivity contribution in [3.8, 4) is 0 Å². The molecule has 0 saturated carbocycles. The van der Waals surface area contributed by atoms with E-state index in [0.717, 1.165) is 16.5 Å². The molecule has 1 aromatic rings. The van der Waals surface area contributed by atoms with Gasteiger partial charge in [-0.1, -0.05) is 30.0 Å². The molecule has 0 fully saturated rings. The third kappa shape index (κ3) is 3.93. The van der Waals surface area contributed by atoms with Gasteiger partial charge in [0.25, 0.3) is 0 Å². The van der Waals surface area contributed by atoms with Crippen LogP contribution < -0.4 is 5.32 Å². The second-order valence-electron chi connectivity index (χ2n) is 3.65. The maximum atomic E-state index is 11.2. The van der Waals surface area contributed by atoms with Crippen LogP contribution in [0.15, 0.2) is 9.85 Å². The van der Waals surface area contributed by atoms with Gasteiger partial charge in [0, 0.05) is 5.75 Å². The molecule has 2 N–H and O–H groups in total. The van der Waals surface area contributed by atoms with Gasteiger partial charge in [-0.15, -0.1) is 10.2 Å². The number of carboxylic acids is 1.